The Balaban J connectivity index is 2.35. The Morgan fingerprint density at radius 3 is 2.29 bits per heavy atom. The molecule has 0 spiro atoms. The summed E-state index contributed by atoms with van der Waals surface area (Å²) in [5, 5.41) is 0. The van der Waals surface area contributed by atoms with Crippen LogP contribution in [0.4, 0.5) is 0 Å². The first kappa shape index (κ1) is 15.8. The molecule has 0 aromatic carbocycles. The van der Waals surface area contributed by atoms with Gasteiger partial charge in [0.05, 0.1) is 0 Å². The van der Waals surface area contributed by atoms with Gasteiger partial charge in [-0.2, -0.15) is 0 Å². The molecule has 1 aliphatic rings. The van der Waals surface area contributed by atoms with Crippen molar-refractivity contribution in [1.82, 2.24) is 9.88 Å². The fourth-order valence-electron chi connectivity index (χ4n) is 3.68. The number of piperidine rings is 1. The van der Waals surface area contributed by atoms with Crippen molar-refractivity contribution < 1.29 is 9.59 Å². The van der Waals surface area contributed by atoms with Crippen LogP contribution in [-0.4, -0.2) is 34.7 Å². The van der Waals surface area contributed by atoms with Crippen LogP contribution in [0.1, 0.15) is 66.2 Å². The monoisotopic (exact) mass is 290 g/mol. The van der Waals surface area contributed by atoms with Crippen LogP contribution >= 0.6 is 0 Å². The molecule has 116 valence electrons. The fraction of sp³-hybridized carbons (Fsp3) is 0.647. The lowest BCUT2D eigenvalue weighted by Crippen LogP contribution is -2.43. The van der Waals surface area contributed by atoms with Gasteiger partial charge >= 0.3 is 0 Å². The third-order valence-corrected chi connectivity index (χ3v) is 4.37. The number of Topliss-reactive ketones (excluding diaryl/α,β-unsaturated/α-hetero) is 1. The lowest BCUT2D eigenvalue weighted by molar-refractivity contribution is 0.0616. The summed E-state index contributed by atoms with van der Waals surface area (Å²) < 4.78 is 0. The minimum atomic E-state index is 0.0278. The second kappa shape index (κ2) is 6.04. The van der Waals surface area contributed by atoms with Gasteiger partial charge in [0, 0.05) is 24.3 Å². The van der Waals surface area contributed by atoms with Crippen molar-refractivity contribution in [2.45, 2.75) is 47.5 Å². The van der Waals surface area contributed by atoms with E-state index in [-0.39, 0.29) is 11.7 Å². The summed E-state index contributed by atoms with van der Waals surface area (Å²) in [6.07, 6.45) is 1.87. The van der Waals surface area contributed by atoms with E-state index in [1.807, 2.05) is 18.7 Å². The summed E-state index contributed by atoms with van der Waals surface area (Å²) in [5.74, 6) is 1.14. The van der Waals surface area contributed by atoms with Crippen LogP contribution < -0.4 is 0 Å². The second-order valence-electron chi connectivity index (χ2n) is 6.54. The number of carbonyl (C=O) groups excluding carboxylic acids is 2. The van der Waals surface area contributed by atoms with Gasteiger partial charge in [-0.3, -0.25) is 9.59 Å². The molecule has 1 aliphatic heterocycles. The smallest absolute Gasteiger partial charge is 0.270 e. The van der Waals surface area contributed by atoms with Gasteiger partial charge in [-0.1, -0.05) is 20.8 Å². The first-order valence-electron chi connectivity index (χ1n) is 7.86. The molecular weight excluding hydrogens is 264 g/mol. The van der Waals surface area contributed by atoms with Crippen molar-refractivity contribution in [3.63, 3.8) is 0 Å². The molecule has 1 fully saturated rings. The van der Waals surface area contributed by atoms with Gasteiger partial charge in [-0.05, 0) is 44.1 Å². The molecule has 2 heterocycles. The van der Waals surface area contributed by atoms with Crippen LogP contribution in [0, 0.1) is 18.8 Å². The summed E-state index contributed by atoms with van der Waals surface area (Å²) >= 11 is 0. The Morgan fingerprint density at radius 1 is 1.24 bits per heavy atom. The van der Waals surface area contributed by atoms with Gasteiger partial charge < -0.3 is 9.88 Å². The normalized spacial score (nSPS) is 22.4. The topological polar surface area (TPSA) is 53.2 Å². The molecule has 2 unspecified atom stereocenters. The number of ketones is 1. The molecule has 2 rings (SSSR count). The average Bonchev–Trinajstić information content (AvgIpc) is 2.73. The summed E-state index contributed by atoms with van der Waals surface area (Å²) in [5.41, 5.74) is 2.98. The largest absolute Gasteiger partial charge is 0.354 e. The Morgan fingerprint density at radius 2 is 1.81 bits per heavy atom. The Hall–Kier alpha value is -1.58. The number of rotatable bonds is 3. The van der Waals surface area contributed by atoms with E-state index < -0.39 is 0 Å². The first-order chi connectivity index (χ1) is 9.85. The Kier molecular flexibility index (Phi) is 4.55. The molecule has 21 heavy (non-hydrogen) atoms. The summed E-state index contributed by atoms with van der Waals surface area (Å²) in [6, 6.07) is 0. The summed E-state index contributed by atoms with van der Waals surface area (Å²) in [4.78, 5) is 29.8. The number of aromatic amines is 1. The van der Waals surface area contributed by atoms with E-state index in [0.29, 0.717) is 29.5 Å². The zero-order valence-corrected chi connectivity index (χ0v) is 13.7. The average molecular weight is 290 g/mol. The number of aromatic nitrogens is 1. The predicted molar refractivity (Wildman–Crippen MR) is 83.8 cm³/mol. The number of likely N-dealkylation sites (tertiary alicyclic amines) is 1. The number of aryl methyl sites for hydroxylation is 1. The third kappa shape index (κ3) is 3.04. The van der Waals surface area contributed by atoms with Crippen LogP contribution in [0.5, 0.6) is 0 Å². The highest BCUT2D eigenvalue weighted by atomic mass is 16.2. The number of amides is 1. The van der Waals surface area contributed by atoms with Gasteiger partial charge in [0.2, 0.25) is 0 Å². The van der Waals surface area contributed by atoms with Crippen molar-refractivity contribution in [3.05, 3.63) is 22.5 Å². The highest BCUT2D eigenvalue weighted by Gasteiger charge is 2.29. The van der Waals surface area contributed by atoms with E-state index in [1.165, 1.54) is 6.42 Å². The third-order valence-electron chi connectivity index (χ3n) is 4.37. The Labute approximate surface area is 126 Å². The second-order valence-corrected chi connectivity index (χ2v) is 6.54. The number of hydrogen-bond acceptors (Lipinski definition) is 2. The molecule has 4 heteroatoms. The highest BCUT2D eigenvalue weighted by molar-refractivity contribution is 6.02. The van der Waals surface area contributed by atoms with E-state index in [2.05, 4.69) is 18.8 Å². The van der Waals surface area contributed by atoms with Crippen molar-refractivity contribution in [2.75, 3.05) is 13.1 Å². The predicted octanol–water partition coefficient (Wildman–Crippen LogP) is 3.21. The maximum atomic E-state index is 12.8. The molecule has 0 bridgehead atoms. The van der Waals surface area contributed by atoms with Crippen LogP contribution in [0.15, 0.2) is 0 Å². The standard InChI is InChI=1S/C17H26N2O2/c1-6-14-15(13(5)20)12(4)18-16(14)17(21)19-8-10(2)7-11(3)9-19/h10-11,18H,6-9H2,1-5H3. The molecule has 4 nitrogen and oxygen atoms in total. The molecular formula is C17H26N2O2. The van der Waals surface area contributed by atoms with Crippen LogP contribution in [-0.2, 0) is 6.42 Å². The van der Waals surface area contributed by atoms with Crippen LogP contribution in [0.2, 0.25) is 0 Å². The van der Waals surface area contributed by atoms with E-state index in [9.17, 15) is 9.59 Å². The van der Waals surface area contributed by atoms with Crippen molar-refractivity contribution in [3.8, 4) is 0 Å². The quantitative estimate of drug-likeness (QED) is 0.869. The molecule has 0 aliphatic carbocycles. The molecule has 1 N–H and O–H groups in total. The van der Waals surface area contributed by atoms with Gasteiger partial charge in [0.1, 0.15) is 5.69 Å². The minimum Gasteiger partial charge on any atom is -0.354 e. The van der Waals surface area contributed by atoms with Gasteiger partial charge in [0.15, 0.2) is 5.78 Å². The number of carbonyl (C=O) groups is 2. The molecule has 1 amide bonds. The number of nitrogens with zero attached hydrogens (tertiary/aromatic N) is 1. The SMILES string of the molecule is CCc1c(C(=O)N2CC(C)CC(C)C2)[nH]c(C)c1C(C)=O. The number of H-pyrrole nitrogens is 1. The maximum absolute atomic E-state index is 12.8. The first-order valence-corrected chi connectivity index (χ1v) is 7.86. The van der Waals surface area contributed by atoms with Gasteiger partial charge in [-0.25, -0.2) is 0 Å². The van der Waals surface area contributed by atoms with Crippen molar-refractivity contribution >= 4 is 11.7 Å². The highest BCUT2D eigenvalue weighted by Crippen LogP contribution is 2.26. The lowest BCUT2D eigenvalue weighted by Gasteiger charge is -2.35. The molecule has 1 saturated heterocycles. The molecule has 0 saturated carbocycles. The molecule has 2 atom stereocenters. The van der Waals surface area contributed by atoms with E-state index in [0.717, 1.165) is 24.3 Å². The van der Waals surface area contributed by atoms with Gasteiger partial charge in [0.25, 0.3) is 5.91 Å². The molecule has 1 aromatic rings. The van der Waals surface area contributed by atoms with Crippen LogP contribution in [0.3, 0.4) is 0 Å². The molecule has 1 aromatic heterocycles. The number of nitrogens with one attached hydrogen (secondary N) is 1. The molecule has 0 radical (unpaired) electrons. The minimum absolute atomic E-state index is 0.0278. The fourth-order valence-corrected chi connectivity index (χ4v) is 3.68. The maximum Gasteiger partial charge on any atom is 0.270 e. The Bertz CT molecular complexity index is 549. The van der Waals surface area contributed by atoms with Crippen molar-refractivity contribution in [2.24, 2.45) is 11.8 Å². The van der Waals surface area contributed by atoms with Gasteiger partial charge in [-0.15, -0.1) is 0 Å². The van der Waals surface area contributed by atoms with E-state index in [1.54, 1.807) is 6.92 Å². The zero-order valence-electron chi connectivity index (χ0n) is 13.7. The van der Waals surface area contributed by atoms with E-state index >= 15 is 0 Å². The summed E-state index contributed by atoms with van der Waals surface area (Å²) in [7, 11) is 0. The van der Waals surface area contributed by atoms with Crippen molar-refractivity contribution in [1.29, 1.82) is 0 Å². The lowest BCUT2D eigenvalue weighted by atomic mass is 9.91. The number of hydrogen-bond donors (Lipinski definition) is 1. The van der Waals surface area contributed by atoms with E-state index in [4.69, 9.17) is 0 Å². The zero-order chi connectivity index (χ0) is 15.7. The summed E-state index contributed by atoms with van der Waals surface area (Å²) in [6.45, 7) is 11.4. The van der Waals surface area contributed by atoms with Crippen LogP contribution in [0.25, 0.3) is 0 Å².